The Morgan fingerprint density at radius 1 is 1.19 bits per heavy atom. The van der Waals surface area contributed by atoms with E-state index in [0.717, 1.165) is 10.8 Å². The third kappa shape index (κ3) is 3.59. The molecular weight excluding hydrogens is 290 g/mol. The molecule has 2 aromatic carbocycles. The number of sulfonamides is 1. The van der Waals surface area contributed by atoms with Crippen LogP contribution in [0, 0.1) is 0 Å². The number of benzene rings is 2. The number of hydrogen-bond donors (Lipinski definition) is 2. The first kappa shape index (κ1) is 15.5. The maximum absolute atomic E-state index is 12.3. The van der Waals surface area contributed by atoms with Gasteiger partial charge in [-0.3, -0.25) is 4.79 Å². The van der Waals surface area contributed by atoms with Gasteiger partial charge in [-0.2, -0.15) is 4.72 Å². The fourth-order valence-electron chi connectivity index (χ4n) is 2.11. The van der Waals surface area contributed by atoms with Gasteiger partial charge in [-0.15, -0.1) is 0 Å². The number of carboxylic acids is 1. The summed E-state index contributed by atoms with van der Waals surface area (Å²) in [5.41, 5.74) is 0. The van der Waals surface area contributed by atoms with Crippen LogP contribution < -0.4 is 4.72 Å². The predicted octanol–water partition coefficient (Wildman–Crippen LogP) is 2.37. The first-order chi connectivity index (χ1) is 9.94. The largest absolute Gasteiger partial charge is 0.480 e. The zero-order valence-electron chi connectivity index (χ0n) is 11.6. The van der Waals surface area contributed by atoms with Crippen LogP contribution in [0.3, 0.4) is 0 Å². The van der Waals surface area contributed by atoms with E-state index >= 15 is 0 Å². The number of rotatable bonds is 6. The molecule has 0 saturated heterocycles. The topological polar surface area (TPSA) is 83.5 Å². The van der Waals surface area contributed by atoms with Gasteiger partial charge < -0.3 is 5.11 Å². The average molecular weight is 307 g/mol. The number of fused-ring (bicyclic) bond motifs is 1. The molecule has 0 bridgehead atoms. The van der Waals surface area contributed by atoms with Crippen molar-refractivity contribution in [2.24, 2.45) is 0 Å². The van der Waals surface area contributed by atoms with E-state index in [4.69, 9.17) is 5.11 Å². The molecule has 112 valence electrons. The molecule has 0 aliphatic carbocycles. The summed E-state index contributed by atoms with van der Waals surface area (Å²) in [6.45, 7) is 1.81. The molecular formula is C15H17NO4S. The average Bonchev–Trinajstić information content (AvgIpc) is 2.46. The molecule has 0 aliphatic rings. The molecule has 0 amide bonds. The lowest BCUT2D eigenvalue weighted by Gasteiger charge is -2.14. The Morgan fingerprint density at radius 3 is 2.48 bits per heavy atom. The standard InChI is InChI=1S/C15H17NO4S/c1-2-5-14(15(17)18)16-21(19,20)13-9-8-11-6-3-4-7-12(11)10-13/h3-4,6-10,14,16H,2,5H2,1H3,(H,17,18). The van der Waals surface area contributed by atoms with Gasteiger partial charge in [0.1, 0.15) is 6.04 Å². The van der Waals surface area contributed by atoms with E-state index in [1.165, 1.54) is 6.07 Å². The lowest BCUT2D eigenvalue weighted by Crippen LogP contribution is -2.40. The van der Waals surface area contributed by atoms with Crippen LogP contribution in [0.4, 0.5) is 0 Å². The second kappa shape index (κ2) is 6.24. The second-order valence-corrected chi connectivity index (χ2v) is 6.52. The van der Waals surface area contributed by atoms with Crippen molar-refractivity contribution in [1.29, 1.82) is 0 Å². The maximum atomic E-state index is 12.3. The summed E-state index contributed by atoms with van der Waals surface area (Å²) < 4.78 is 26.8. The molecule has 1 atom stereocenters. The molecule has 21 heavy (non-hydrogen) atoms. The predicted molar refractivity (Wildman–Crippen MR) is 80.6 cm³/mol. The number of aliphatic carboxylic acids is 1. The highest BCUT2D eigenvalue weighted by Gasteiger charge is 2.24. The van der Waals surface area contributed by atoms with E-state index in [2.05, 4.69) is 4.72 Å². The Labute approximate surface area is 123 Å². The summed E-state index contributed by atoms with van der Waals surface area (Å²) in [6, 6.07) is 11.0. The van der Waals surface area contributed by atoms with E-state index in [1.54, 1.807) is 19.1 Å². The number of carboxylic acid groups (broad SMARTS) is 1. The fraction of sp³-hybridized carbons (Fsp3) is 0.267. The zero-order valence-corrected chi connectivity index (χ0v) is 12.4. The lowest BCUT2D eigenvalue weighted by molar-refractivity contribution is -0.139. The van der Waals surface area contributed by atoms with Crippen LogP contribution in [-0.2, 0) is 14.8 Å². The van der Waals surface area contributed by atoms with Crippen molar-refractivity contribution in [2.45, 2.75) is 30.7 Å². The SMILES string of the molecule is CCCC(NS(=O)(=O)c1ccc2ccccc2c1)C(=O)O. The quantitative estimate of drug-likeness (QED) is 0.858. The molecule has 2 aromatic rings. The molecule has 2 N–H and O–H groups in total. The molecule has 0 radical (unpaired) electrons. The van der Waals surface area contributed by atoms with Crippen LogP contribution in [0.1, 0.15) is 19.8 Å². The van der Waals surface area contributed by atoms with Gasteiger partial charge in [0.15, 0.2) is 0 Å². The van der Waals surface area contributed by atoms with Gasteiger partial charge in [-0.05, 0) is 29.3 Å². The van der Waals surface area contributed by atoms with E-state index < -0.39 is 22.0 Å². The van der Waals surface area contributed by atoms with Gasteiger partial charge >= 0.3 is 5.97 Å². The van der Waals surface area contributed by atoms with Gasteiger partial charge in [0.05, 0.1) is 4.90 Å². The Hall–Kier alpha value is -1.92. The van der Waals surface area contributed by atoms with E-state index in [1.807, 2.05) is 24.3 Å². The molecule has 0 aromatic heterocycles. The summed E-state index contributed by atoms with van der Waals surface area (Å²) >= 11 is 0. The van der Waals surface area contributed by atoms with Crippen molar-refractivity contribution in [3.8, 4) is 0 Å². The summed E-state index contributed by atoms with van der Waals surface area (Å²) in [7, 11) is -3.85. The summed E-state index contributed by atoms with van der Waals surface area (Å²) in [4.78, 5) is 11.2. The van der Waals surface area contributed by atoms with Crippen LogP contribution in [-0.4, -0.2) is 25.5 Å². The first-order valence-electron chi connectivity index (χ1n) is 6.68. The van der Waals surface area contributed by atoms with Crippen molar-refractivity contribution < 1.29 is 18.3 Å². The highest BCUT2D eigenvalue weighted by atomic mass is 32.2. The molecule has 0 saturated carbocycles. The third-order valence-electron chi connectivity index (χ3n) is 3.20. The molecule has 1 unspecified atom stereocenters. The number of nitrogens with one attached hydrogen (secondary N) is 1. The van der Waals surface area contributed by atoms with E-state index in [0.29, 0.717) is 6.42 Å². The Balaban J connectivity index is 2.34. The second-order valence-electron chi connectivity index (χ2n) is 4.81. The zero-order chi connectivity index (χ0) is 15.5. The number of hydrogen-bond acceptors (Lipinski definition) is 3. The van der Waals surface area contributed by atoms with Gasteiger partial charge in [-0.25, -0.2) is 8.42 Å². The van der Waals surface area contributed by atoms with Gasteiger partial charge in [-0.1, -0.05) is 43.7 Å². The summed E-state index contributed by atoms with van der Waals surface area (Å²) in [5.74, 6) is -1.17. The molecule has 0 heterocycles. The summed E-state index contributed by atoms with van der Waals surface area (Å²) in [5, 5.41) is 10.8. The number of carbonyl (C=O) groups is 1. The summed E-state index contributed by atoms with van der Waals surface area (Å²) in [6.07, 6.45) is 0.833. The smallest absolute Gasteiger partial charge is 0.321 e. The van der Waals surface area contributed by atoms with Crippen molar-refractivity contribution in [2.75, 3.05) is 0 Å². The molecule has 5 nitrogen and oxygen atoms in total. The third-order valence-corrected chi connectivity index (χ3v) is 4.67. The van der Waals surface area contributed by atoms with Crippen LogP contribution in [0.25, 0.3) is 10.8 Å². The normalized spacial score (nSPS) is 13.2. The Morgan fingerprint density at radius 2 is 1.86 bits per heavy atom. The van der Waals surface area contributed by atoms with Gasteiger partial charge in [0.25, 0.3) is 0 Å². The molecule has 0 fully saturated rings. The Kier molecular flexibility index (Phi) is 4.59. The molecule has 0 aliphatic heterocycles. The molecule has 2 rings (SSSR count). The monoisotopic (exact) mass is 307 g/mol. The van der Waals surface area contributed by atoms with Gasteiger partial charge in [0.2, 0.25) is 10.0 Å². The minimum Gasteiger partial charge on any atom is -0.480 e. The van der Waals surface area contributed by atoms with Gasteiger partial charge in [0, 0.05) is 0 Å². The fourth-order valence-corrected chi connectivity index (χ4v) is 3.37. The minimum absolute atomic E-state index is 0.0727. The molecule has 0 spiro atoms. The van der Waals surface area contributed by atoms with Crippen molar-refractivity contribution in [1.82, 2.24) is 4.72 Å². The van der Waals surface area contributed by atoms with Crippen LogP contribution in [0.15, 0.2) is 47.4 Å². The first-order valence-corrected chi connectivity index (χ1v) is 8.16. The van der Waals surface area contributed by atoms with E-state index in [-0.39, 0.29) is 11.3 Å². The minimum atomic E-state index is -3.85. The Bertz CT molecular complexity index is 755. The van der Waals surface area contributed by atoms with Crippen molar-refractivity contribution in [3.63, 3.8) is 0 Å². The van der Waals surface area contributed by atoms with Crippen LogP contribution in [0.5, 0.6) is 0 Å². The van der Waals surface area contributed by atoms with E-state index in [9.17, 15) is 13.2 Å². The van der Waals surface area contributed by atoms with Crippen molar-refractivity contribution >= 4 is 26.8 Å². The van der Waals surface area contributed by atoms with Crippen LogP contribution in [0.2, 0.25) is 0 Å². The maximum Gasteiger partial charge on any atom is 0.321 e. The van der Waals surface area contributed by atoms with Crippen molar-refractivity contribution in [3.05, 3.63) is 42.5 Å². The van der Waals surface area contributed by atoms with Crippen LogP contribution >= 0.6 is 0 Å². The highest BCUT2D eigenvalue weighted by Crippen LogP contribution is 2.19. The molecule has 6 heteroatoms. The lowest BCUT2D eigenvalue weighted by atomic mass is 10.1. The highest BCUT2D eigenvalue weighted by molar-refractivity contribution is 7.89.